The van der Waals surface area contributed by atoms with E-state index in [2.05, 4.69) is 16.0 Å². The Morgan fingerprint density at radius 2 is 1.39 bits per heavy atom. The molecule has 0 spiro atoms. The fourth-order valence-electron chi connectivity index (χ4n) is 3.60. The lowest BCUT2D eigenvalue weighted by Crippen LogP contribution is -2.19. The van der Waals surface area contributed by atoms with Crippen LogP contribution in [0.1, 0.15) is 28.1 Å². The van der Waals surface area contributed by atoms with Crippen LogP contribution in [0.3, 0.4) is 0 Å². The van der Waals surface area contributed by atoms with Crippen molar-refractivity contribution >= 4 is 81.0 Å². The van der Waals surface area contributed by atoms with Gasteiger partial charge in [0.1, 0.15) is 5.25 Å². The molecule has 9 heteroatoms. The third-order valence-electron chi connectivity index (χ3n) is 5.37. The number of thioether (sulfide) groups is 1. The Labute approximate surface area is 240 Å². The zero-order valence-corrected chi connectivity index (χ0v) is 23.3. The summed E-state index contributed by atoms with van der Waals surface area (Å²) in [5.74, 6) is -0.200. The first-order valence-corrected chi connectivity index (χ1v) is 13.6. The maximum atomic E-state index is 13.4. The van der Waals surface area contributed by atoms with Gasteiger partial charge < -0.3 is 16.0 Å². The quantitative estimate of drug-likeness (QED) is 0.110. The van der Waals surface area contributed by atoms with Crippen LogP contribution < -0.4 is 16.0 Å². The number of hydrogen-bond donors (Lipinski definition) is 3. The lowest BCUT2D eigenvalue weighted by Gasteiger charge is -2.18. The van der Waals surface area contributed by atoms with Crippen LogP contribution in [0.2, 0.25) is 10.0 Å². The van der Waals surface area contributed by atoms with E-state index in [-0.39, 0.29) is 11.7 Å². The third-order valence-corrected chi connectivity index (χ3v) is 7.25. The molecule has 0 aliphatic carbocycles. The molecule has 0 saturated carbocycles. The number of Topliss-reactive ketones (excluding diaryl/α,β-unsaturated/α-hetero) is 1. The van der Waals surface area contributed by atoms with Crippen LogP contribution in [0, 0.1) is 0 Å². The lowest BCUT2D eigenvalue weighted by atomic mass is 10.1. The van der Waals surface area contributed by atoms with Gasteiger partial charge >= 0.3 is 0 Å². The van der Waals surface area contributed by atoms with Gasteiger partial charge in [0, 0.05) is 37.6 Å². The van der Waals surface area contributed by atoms with Crippen molar-refractivity contribution < 1.29 is 9.59 Å². The van der Waals surface area contributed by atoms with Gasteiger partial charge in [-0.15, -0.1) is 11.8 Å². The molecule has 4 rings (SSSR count). The summed E-state index contributed by atoms with van der Waals surface area (Å²) in [5, 5.41) is 9.96. The second kappa shape index (κ2) is 12.9. The Morgan fingerprint density at radius 3 is 2.05 bits per heavy atom. The molecule has 1 atom stereocenters. The van der Waals surface area contributed by atoms with Crippen molar-refractivity contribution in [2.45, 2.75) is 17.1 Å². The predicted molar refractivity (Wildman–Crippen MR) is 163 cm³/mol. The minimum absolute atomic E-state index is 0.00502. The fraction of sp³-hybridized carbons (Fsp3) is 0.0690. The normalized spacial score (nSPS) is 11.3. The molecular weight excluding hydrogens is 557 g/mol. The summed E-state index contributed by atoms with van der Waals surface area (Å²) >= 11 is 19.1. The number of carbonyl (C=O) groups is 2. The number of rotatable bonds is 8. The standard InChI is InChI=1S/C29H23Cl2N3O2S2/c1-18(35)19-10-12-23(13-11-19)33-29(37)34-24-8-5-9-26(17-24)38-27(20-6-3-2-4-7-20)28(36)32-25-15-21(30)14-22(31)16-25/h2-17,27H,1H3,(H,32,36)(H2,33,34,37). The van der Waals surface area contributed by atoms with Gasteiger partial charge in [0.2, 0.25) is 5.91 Å². The minimum atomic E-state index is -0.533. The zero-order valence-electron chi connectivity index (χ0n) is 20.2. The van der Waals surface area contributed by atoms with Gasteiger partial charge in [0.15, 0.2) is 10.9 Å². The highest BCUT2D eigenvalue weighted by Crippen LogP contribution is 2.37. The van der Waals surface area contributed by atoms with Gasteiger partial charge in [0.05, 0.1) is 0 Å². The number of hydrogen-bond acceptors (Lipinski definition) is 4. The van der Waals surface area contributed by atoms with Crippen molar-refractivity contribution in [3.8, 4) is 0 Å². The largest absolute Gasteiger partial charge is 0.332 e. The molecule has 1 unspecified atom stereocenters. The molecule has 0 heterocycles. The number of benzene rings is 4. The predicted octanol–water partition coefficient (Wildman–Crippen LogP) is 8.48. The monoisotopic (exact) mass is 579 g/mol. The van der Waals surface area contributed by atoms with E-state index >= 15 is 0 Å². The Morgan fingerprint density at radius 1 is 0.737 bits per heavy atom. The van der Waals surface area contributed by atoms with Crippen LogP contribution in [0.25, 0.3) is 0 Å². The molecule has 0 radical (unpaired) electrons. The number of thiocarbonyl (C=S) groups is 1. The highest BCUT2D eigenvalue weighted by Gasteiger charge is 2.22. The van der Waals surface area contributed by atoms with Crippen molar-refractivity contribution in [1.29, 1.82) is 0 Å². The van der Waals surface area contributed by atoms with E-state index in [1.54, 1.807) is 42.5 Å². The van der Waals surface area contributed by atoms with Gasteiger partial charge in [-0.05, 0) is 85.4 Å². The lowest BCUT2D eigenvalue weighted by molar-refractivity contribution is -0.115. The third kappa shape index (κ3) is 7.82. The molecule has 0 bridgehead atoms. The fourth-order valence-corrected chi connectivity index (χ4v) is 5.44. The topological polar surface area (TPSA) is 70.2 Å². The van der Waals surface area contributed by atoms with E-state index in [1.807, 2.05) is 54.6 Å². The Hall–Kier alpha value is -3.36. The smallest absolute Gasteiger partial charge is 0.242 e. The number of amides is 1. The molecule has 38 heavy (non-hydrogen) atoms. The van der Waals surface area contributed by atoms with E-state index in [1.165, 1.54) is 18.7 Å². The molecule has 5 nitrogen and oxygen atoms in total. The molecule has 0 aromatic heterocycles. The molecule has 0 saturated heterocycles. The number of anilines is 3. The number of ketones is 1. The van der Waals surface area contributed by atoms with Gasteiger partial charge in [-0.3, -0.25) is 9.59 Å². The number of carbonyl (C=O) groups excluding carboxylic acids is 2. The summed E-state index contributed by atoms with van der Waals surface area (Å²) in [4.78, 5) is 25.7. The van der Waals surface area contributed by atoms with Crippen molar-refractivity contribution in [3.63, 3.8) is 0 Å². The molecule has 0 aliphatic heterocycles. The first kappa shape index (κ1) is 27.7. The van der Waals surface area contributed by atoms with Gasteiger partial charge in [0.25, 0.3) is 0 Å². The maximum Gasteiger partial charge on any atom is 0.242 e. The summed E-state index contributed by atoms with van der Waals surface area (Å²) in [6.45, 7) is 1.53. The Bertz CT molecular complexity index is 1440. The minimum Gasteiger partial charge on any atom is -0.332 e. The second-order valence-corrected chi connectivity index (χ2v) is 10.8. The molecule has 4 aromatic carbocycles. The van der Waals surface area contributed by atoms with Crippen molar-refractivity contribution in [3.05, 3.63) is 118 Å². The van der Waals surface area contributed by atoms with Gasteiger partial charge in [-0.25, -0.2) is 0 Å². The highest BCUT2D eigenvalue weighted by molar-refractivity contribution is 8.00. The molecule has 3 N–H and O–H groups in total. The highest BCUT2D eigenvalue weighted by atomic mass is 35.5. The average molecular weight is 581 g/mol. The summed E-state index contributed by atoms with van der Waals surface area (Å²) < 4.78 is 0. The van der Waals surface area contributed by atoms with Gasteiger partial charge in [-0.2, -0.15) is 0 Å². The Kier molecular flexibility index (Phi) is 9.42. The molecule has 4 aromatic rings. The summed E-state index contributed by atoms with van der Waals surface area (Å²) in [7, 11) is 0. The van der Waals surface area contributed by atoms with Crippen LogP contribution in [0.4, 0.5) is 17.1 Å². The van der Waals surface area contributed by atoms with Crippen LogP contribution in [0.5, 0.6) is 0 Å². The summed E-state index contributed by atoms with van der Waals surface area (Å²) in [6, 6.07) is 29.2. The Balaban J connectivity index is 1.48. The van der Waals surface area contributed by atoms with E-state index in [4.69, 9.17) is 35.4 Å². The molecule has 0 fully saturated rings. The van der Waals surface area contributed by atoms with Crippen LogP contribution in [0.15, 0.2) is 102 Å². The summed E-state index contributed by atoms with van der Waals surface area (Å²) in [5.41, 5.74) is 3.54. The van der Waals surface area contributed by atoms with Gasteiger partial charge in [-0.1, -0.05) is 59.6 Å². The zero-order chi connectivity index (χ0) is 27.1. The average Bonchev–Trinajstić information content (AvgIpc) is 2.87. The van der Waals surface area contributed by atoms with Crippen molar-refractivity contribution in [2.75, 3.05) is 16.0 Å². The number of nitrogens with one attached hydrogen (secondary N) is 3. The van der Waals surface area contributed by atoms with Crippen LogP contribution in [-0.4, -0.2) is 16.8 Å². The van der Waals surface area contributed by atoms with Crippen molar-refractivity contribution in [1.82, 2.24) is 0 Å². The first-order valence-electron chi connectivity index (χ1n) is 11.5. The van der Waals surface area contributed by atoms with Crippen LogP contribution >= 0.6 is 47.2 Å². The van der Waals surface area contributed by atoms with E-state index in [0.717, 1.165) is 21.8 Å². The van der Waals surface area contributed by atoms with E-state index in [9.17, 15) is 9.59 Å². The SMILES string of the molecule is CC(=O)c1ccc(NC(=S)Nc2cccc(SC(C(=O)Nc3cc(Cl)cc(Cl)c3)c3ccccc3)c2)cc1. The van der Waals surface area contributed by atoms with Crippen LogP contribution in [-0.2, 0) is 4.79 Å². The number of halogens is 2. The molecule has 1 amide bonds. The maximum absolute atomic E-state index is 13.4. The van der Waals surface area contributed by atoms with E-state index < -0.39 is 5.25 Å². The first-order chi connectivity index (χ1) is 18.3. The molecule has 0 aliphatic rings. The second-order valence-electron chi connectivity index (χ2n) is 8.30. The van der Waals surface area contributed by atoms with E-state index in [0.29, 0.717) is 26.4 Å². The molecular formula is C29H23Cl2N3O2S2. The van der Waals surface area contributed by atoms with Crippen molar-refractivity contribution in [2.24, 2.45) is 0 Å². The molecule has 192 valence electrons. The summed E-state index contributed by atoms with van der Waals surface area (Å²) in [6.07, 6.45) is 0.